The molecular weight excluding hydrogens is 108 g/mol. The van der Waals surface area contributed by atoms with Gasteiger partial charge in [0.15, 0.2) is 0 Å². The van der Waals surface area contributed by atoms with Gasteiger partial charge in [-0.15, -0.1) is 0 Å². The number of allylic oxidation sites excluding steroid dienone is 2. The Morgan fingerprint density at radius 2 is 2.14 bits per heavy atom. The molecule has 42 valence electrons. The maximum Gasteiger partial charge on any atom is 0.0450 e. The van der Waals surface area contributed by atoms with Gasteiger partial charge in [-0.3, -0.25) is 4.21 Å². The van der Waals surface area contributed by atoms with Crippen LogP contribution in [-0.2, 0) is 10.8 Å². The highest BCUT2D eigenvalue weighted by atomic mass is 32.2. The van der Waals surface area contributed by atoms with Crippen LogP contribution in [0.3, 0.4) is 0 Å². The standard InChI is InChI=1S/C5H10OS/c1-4-5(2)7(3)6/h4H,1-3H3/b5-4+. The van der Waals surface area contributed by atoms with Crippen LogP contribution in [0.25, 0.3) is 0 Å². The molecule has 0 fully saturated rings. The summed E-state index contributed by atoms with van der Waals surface area (Å²) in [4.78, 5) is 0.944. The maximum absolute atomic E-state index is 10.4. The predicted molar refractivity (Wildman–Crippen MR) is 33.5 cm³/mol. The highest BCUT2D eigenvalue weighted by Crippen LogP contribution is 1.93. The molecule has 0 heterocycles. The summed E-state index contributed by atoms with van der Waals surface area (Å²) in [6.07, 6.45) is 3.53. The molecule has 0 saturated carbocycles. The van der Waals surface area contributed by atoms with Gasteiger partial charge in [0.2, 0.25) is 0 Å². The molecule has 0 radical (unpaired) electrons. The third-order valence-electron chi connectivity index (χ3n) is 0.860. The van der Waals surface area contributed by atoms with E-state index >= 15 is 0 Å². The van der Waals surface area contributed by atoms with Crippen LogP contribution in [0, 0.1) is 0 Å². The van der Waals surface area contributed by atoms with Crippen molar-refractivity contribution in [1.82, 2.24) is 0 Å². The van der Waals surface area contributed by atoms with Gasteiger partial charge in [0.25, 0.3) is 0 Å². The average Bonchev–Trinajstić information content (AvgIpc) is 1.65. The summed E-state index contributed by atoms with van der Waals surface area (Å²) in [6, 6.07) is 0. The van der Waals surface area contributed by atoms with Gasteiger partial charge in [-0.1, -0.05) is 6.08 Å². The number of hydrogen-bond donors (Lipinski definition) is 0. The Balaban J connectivity index is 3.82. The minimum Gasteiger partial charge on any atom is -0.255 e. The molecule has 0 aromatic heterocycles. The van der Waals surface area contributed by atoms with Crippen LogP contribution >= 0.6 is 0 Å². The third kappa shape index (κ3) is 2.57. The summed E-state index contributed by atoms with van der Waals surface area (Å²) in [5, 5.41) is 0. The first kappa shape index (κ1) is 6.89. The van der Waals surface area contributed by atoms with Crippen molar-refractivity contribution in [1.29, 1.82) is 0 Å². The van der Waals surface area contributed by atoms with Crippen LogP contribution in [0.1, 0.15) is 13.8 Å². The van der Waals surface area contributed by atoms with Gasteiger partial charge in [0, 0.05) is 22.0 Å². The van der Waals surface area contributed by atoms with Crippen molar-refractivity contribution in [2.45, 2.75) is 13.8 Å². The summed E-state index contributed by atoms with van der Waals surface area (Å²) in [7, 11) is -0.749. The minimum absolute atomic E-state index is 0.749. The fourth-order valence-corrected chi connectivity index (χ4v) is 0.498. The lowest BCUT2D eigenvalue weighted by atomic mass is 10.6. The van der Waals surface area contributed by atoms with Gasteiger partial charge in [0.1, 0.15) is 0 Å². The van der Waals surface area contributed by atoms with Gasteiger partial charge in [-0.2, -0.15) is 0 Å². The van der Waals surface area contributed by atoms with E-state index < -0.39 is 10.8 Å². The molecule has 2 heteroatoms. The topological polar surface area (TPSA) is 17.1 Å². The highest BCUT2D eigenvalue weighted by molar-refractivity contribution is 7.88. The SMILES string of the molecule is C/C=C(\C)S(C)=O. The molecule has 0 spiro atoms. The molecule has 0 rings (SSSR count). The first-order valence-corrected chi connectivity index (χ1v) is 3.70. The van der Waals surface area contributed by atoms with Crippen molar-refractivity contribution >= 4 is 10.8 Å². The summed E-state index contributed by atoms with van der Waals surface area (Å²) < 4.78 is 10.4. The Kier molecular flexibility index (Phi) is 2.92. The van der Waals surface area contributed by atoms with Gasteiger partial charge in [-0.25, -0.2) is 0 Å². The monoisotopic (exact) mass is 118 g/mol. The molecule has 7 heavy (non-hydrogen) atoms. The molecular formula is C5H10OS. The minimum atomic E-state index is -0.749. The van der Waals surface area contributed by atoms with Crippen LogP contribution in [0.4, 0.5) is 0 Å². The molecule has 0 aliphatic heterocycles. The Bertz CT molecular complexity index is 105. The quantitative estimate of drug-likeness (QED) is 0.507. The average molecular weight is 118 g/mol. The molecule has 0 aliphatic carbocycles. The second-order valence-electron chi connectivity index (χ2n) is 1.35. The predicted octanol–water partition coefficient (Wildman–Crippen LogP) is 1.29. The smallest absolute Gasteiger partial charge is 0.0450 e. The number of rotatable bonds is 1. The van der Waals surface area contributed by atoms with Crippen LogP contribution < -0.4 is 0 Å². The molecule has 0 amide bonds. The van der Waals surface area contributed by atoms with Crippen molar-refractivity contribution in [3.05, 3.63) is 11.0 Å². The van der Waals surface area contributed by atoms with E-state index in [0.29, 0.717) is 0 Å². The summed E-state index contributed by atoms with van der Waals surface area (Å²) in [5.41, 5.74) is 0. The summed E-state index contributed by atoms with van der Waals surface area (Å²) in [5.74, 6) is 0. The van der Waals surface area contributed by atoms with E-state index in [-0.39, 0.29) is 0 Å². The lowest BCUT2D eigenvalue weighted by Gasteiger charge is -1.87. The molecule has 0 aromatic carbocycles. The first-order valence-electron chi connectivity index (χ1n) is 2.15. The van der Waals surface area contributed by atoms with Gasteiger partial charge < -0.3 is 0 Å². The van der Waals surface area contributed by atoms with Crippen molar-refractivity contribution in [2.75, 3.05) is 6.26 Å². The van der Waals surface area contributed by atoms with E-state index in [2.05, 4.69) is 0 Å². The van der Waals surface area contributed by atoms with E-state index in [4.69, 9.17) is 0 Å². The zero-order chi connectivity index (χ0) is 5.86. The Morgan fingerprint density at radius 3 is 2.14 bits per heavy atom. The van der Waals surface area contributed by atoms with E-state index in [0.717, 1.165) is 4.91 Å². The number of hydrogen-bond acceptors (Lipinski definition) is 1. The van der Waals surface area contributed by atoms with Crippen molar-refractivity contribution in [3.63, 3.8) is 0 Å². The van der Waals surface area contributed by atoms with E-state index in [9.17, 15) is 4.21 Å². The van der Waals surface area contributed by atoms with Crippen LogP contribution in [0.15, 0.2) is 11.0 Å². The molecule has 0 aliphatic rings. The molecule has 1 unspecified atom stereocenters. The zero-order valence-corrected chi connectivity index (χ0v) is 5.71. The summed E-state index contributed by atoms with van der Waals surface area (Å²) >= 11 is 0. The zero-order valence-electron chi connectivity index (χ0n) is 4.89. The fraction of sp³-hybridized carbons (Fsp3) is 0.600. The van der Waals surface area contributed by atoms with Crippen molar-refractivity contribution < 1.29 is 4.21 Å². The highest BCUT2D eigenvalue weighted by Gasteiger charge is 1.86. The van der Waals surface area contributed by atoms with E-state index in [1.807, 2.05) is 19.9 Å². The van der Waals surface area contributed by atoms with Crippen molar-refractivity contribution in [2.24, 2.45) is 0 Å². The first-order chi connectivity index (χ1) is 3.18. The normalized spacial score (nSPS) is 16.7. The molecule has 0 bridgehead atoms. The lowest BCUT2D eigenvalue weighted by molar-refractivity contribution is 0.690. The second kappa shape index (κ2) is 2.97. The largest absolute Gasteiger partial charge is 0.255 e. The Hall–Kier alpha value is -0.110. The molecule has 1 atom stereocenters. The van der Waals surface area contributed by atoms with Crippen LogP contribution in [0.2, 0.25) is 0 Å². The van der Waals surface area contributed by atoms with E-state index in [1.165, 1.54) is 0 Å². The fourth-order valence-electron chi connectivity index (χ4n) is 0.166. The van der Waals surface area contributed by atoms with Crippen molar-refractivity contribution in [3.8, 4) is 0 Å². The second-order valence-corrected chi connectivity index (χ2v) is 2.91. The van der Waals surface area contributed by atoms with Gasteiger partial charge in [-0.05, 0) is 13.8 Å². The lowest BCUT2D eigenvalue weighted by Crippen LogP contribution is -1.83. The molecule has 0 saturated heterocycles. The maximum atomic E-state index is 10.4. The Morgan fingerprint density at radius 1 is 1.71 bits per heavy atom. The Labute approximate surface area is 46.9 Å². The van der Waals surface area contributed by atoms with Gasteiger partial charge >= 0.3 is 0 Å². The van der Waals surface area contributed by atoms with Crippen LogP contribution in [-0.4, -0.2) is 10.5 Å². The summed E-state index contributed by atoms with van der Waals surface area (Å²) in [6.45, 7) is 3.74. The molecule has 0 N–H and O–H groups in total. The van der Waals surface area contributed by atoms with Gasteiger partial charge in [0.05, 0.1) is 0 Å². The molecule has 0 aromatic rings. The molecule has 1 nitrogen and oxygen atoms in total. The van der Waals surface area contributed by atoms with E-state index in [1.54, 1.807) is 6.26 Å². The van der Waals surface area contributed by atoms with Crippen LogP contribution in [0.5, 0.6) is 0 Å². The third-order valence-corrected chi connectivity index (χ3v) is 2.00.